The molecule has 0 spiro atoms. The van der Waals surface area contributed by atoms with Crippen LogP contribution in [0.3, 0.4) is 0 Å². The fourth-order valence-corrected chi connectivity index (χ4v) is 2.90. The van der Waals surface area contributed by atoms with Crippen molar-refractivity contribution in [3.8, 4) is 5.75 Å². The second-order valence-electron chi connectivity index (χ2n) is 5.45. The van der Waals surface area contributed by atoms with E-state index in [2.05, 4.69) is 21.2 Å². The molecule has 5 nitrogen and oxygen atoms in total. The monoisotopic (exact) mass is 401 g/mol. The van der Waals surface area contributed by atoms with Crippen molar-refractivity contribution in [1.82, 2.24) is 0 Å². The van der Waals surface area contributed by atoms with E-state index in [-0.39, 0.29) is 12.5 Å². The molecule has 0 radical (unpaired) electrons. The quantitative estimate of drug-likeness (QED) is 0.652. The number of ether oxygens (including phenoxy) is 1. The smallest absolute Gasteiger partial charge is 0.336 e. The van der Waals surface area contributed by atoms with Crippen LogP contribution in [0.1, 0.15) is 12.5 Å². The Balaban J connectivity index is 1.70. The van der Waals surface area contributed by atoms with E-state index in [9.17, 15) is 9.59 Å². The summed E-state index contributed by atoms with van der Waals surface area (Å²) < 4.78 is 11.6. The molecular formula is C19H16BrNO4. The molecule has 1 N–H and O–H groups in total. The molecule has 0 bridgehead atoms. The minimum atomic E-state index is -0.395. The third-order valence-electron chi connectivity index (χ3n) is 3.66. The molecule has 1 amide bonds. The van der Waals surface area contributed by atoms with Gasteiger partial charge in [0.05, 0.1) is 0 Å². The molecule has 0 aliphatic carbocycles. The van der Waals surface area contributed by atoms with Crippen LogP contribution >= 0.6 is 15.9 Å². The summed E-state index contributed by atoms with van der Waals surface area (Å²) in [6.07, 6.45) is 0.733. The Kier molecular flexibility index (Phi) is 5.19. The lowest BCUT2D eigenvalue weighted by molar-refractivity contribution is -0.118. The third-order valence-corrected chi connectivity index (χ3v) is 4.15. The fraction of sp³-hybridized carbons (Fsp3) is 0.158. The lowest BCUT2D eigenvalue weighted by Gasteiger charge is -2.09. The molecule has 0 saturated heterocycles. The van der Waals surface area contributed by atoms with Gasteiger partial charge < -0.3 is 14.5 Å². The topological polar surface area (TPSA) is 68.5 Å². The van der Waals surface area contributed by atoms with Crippen molar-refractivity contribution in [2.45, 2.75) is 13.3 Å². The third kappa shape index (κ3) is 4.28. The van der Waals surface area contributed by atoms with E-state index in [1.165, 1.54) is 6.07 Å². The first kappa shape index (κ1) is 17.2. The number of rotatable bonds is 5. The van der Waals surface area contributed by atoms with Gasteiger partial charge in [0.1, 0.15) is 11.3 Å². The molecule has 0 atom stereocenters. The molecular weight excluding hydrogens is 386 g/mol. The number of hydrogen-bond donors (Lipinski definition) is 1. The van der Waals surface area contributed by atoms with Crippen LogP contribution in [0, 0.1) is 0 Å². The van der Waals surface area contributed by atoms with Crippen LogP contribution in [0.5, 0.6) is 5.75 Å². The lowest BCUT2D eigenvalue weighted by Crippen LogP contribution is -2.20. The average Bonchev–Trinajstić information content (AvgIpc) is 2.58. The van der Waals surface area contributed by atoms with Crippen LogP contribution in [-0.2, 0) is 11.2 Å². The predicted octanol–water partition coefficient (Wildman–Crippen LogP) is 4.14. The van der Waals surface area contributed by atoms with Crippen molar-refractivity contribution in [3.05, 3.63) is 69.0 Å². The normalized spacial score (nSPS) is 10.6. The van der Waals surface area contributed by atoms with Gasteiger partial charge in [-0.25, -0.2) is 4.79 Å². The highest BCUT2D eigenvalue weighted by Gasteiger charge is 2.08. The Morgan fingerprint density at radius 2 is 2.04 bits per heavy atom. The van der Waals surface area contributed by atoms with Crippen LogP contribution in [-0.4, -0.2) is 12.5 Å². The summed E-state index contributed by atoms with van der Waals surface area (Å²) in [6.45, 7) is 1.83. The number of halogens is 1. The zero-order valence-electron chi connectivity index (χ0n) is 13.5. The Morgan fingerprint density at radius 3 is 2.80 bits per heavy atom. The van der Waals surface area contributed by atoms with Gasteiger partial charge in [0.2, 0.25) is 0 Å². The van der Waals surface area contributed by atoms with Crippen molar-refractivity contribution in [2.24, 2.45) is 0 Å². The predicted molar refractivity (Wildman–Crippen MR) is 100 cm³/mol. The van der Waals surface area contributed by atoms with Gasteiger partial charge >= 0.3 is 5.63 Å². The highest BCUT2D eigenvalue weighted by Crippen LogP contribution is 2.23. The van der Waals surface area contributed by atoms with E-state index in [0.717, 1.165) is 21.8 Å². The number of carbonyl (C=O) groups excluding carboxylic acids is 1. The standard InChI is InChI=1S/C19H16BrNO4/c1-2-12-8-19(23)25-17-10-15(6-7-16(12)17)24-11-18(22)21-14-5-3-4-13(20)9-14/h3-10H,2,11H2,1H3,(H,21,22). The average molecular weight is 402 g/mol. The Labute approximate surface area is 152 Å². The van der Waals surface area contributed by atoms with Gasteiger partial charge in [-0.1, -0.05) is 28.9 Å². The fourth-order valence-electron chi connectivity index (χ4n) is 2.50. The van der Waals surface area contributed by atoms with Crippen molar-refractivity contribution in [3.63, 3.8) is 0 Å². The van der Waals surface area contributed by atoms with Gasteiger partial charge in [-0.15, -0.1) is 0 Å². The highest BCUT2D eigenvalue weighted by atomic mass is 79.9. The van der Waals surface area contributed by atoms with Crippen LogP contribution in [0.2, 0.25) is 0 Å². The Hall–Kier alpha value is -2.60. The Bertz CT molecular complexity index is 981. The van der Waals surface area contributed by atoms with Crippen molar-refractivity contribution in [1.29, 1.82) is 0 Å². The molecule has 1 aromatic heterocycles. The number of benzene rings is 2. The molecule has 1 heterocycles. The van der Waals surface area contributed by atoms with E-state index >= 15 is 0 Å². The first-order valence-corrected chi connectivity index (χ1v) is 8.59. The second-order valence-corrected chi connectivity index (χ2v) is 6.37. The minimum Gasteiger partial charge on any atom is -0.484 e. The molecule has 6 heteroatoms. The van der Waals surface area contributed by atoms with Gasteiger partial charge in [0.25, 0.3) is 5.91 Å². The van der Waals surface area contributed by atoms with Crippen molar-refractivity contribution < 1.29 is 13.9 Å². The van der Waals surface area contributed by atoms with Crippen molar-refractivity contribution in [2.75, 3.05) is 11.9 Å². The Morgan fingerprint density at radius 1 is 1.20 bits per heavy atom. The van der Waals surface area contributed by atoms with Crippen LogP contribution in [0.4, 0.5) is 5.69 Å². The van der Waals surface area contributed by atoms with Crippen LogP contribution in [0.25, 0.3) is 11.0 Å². The largest absolute Gasteiger partial charge is 0.484 e. The van der Waals surface area contributed by atoms with Crippen LogP contribution < -0.4 is 15.7 Å². The molecule has 3 rings (SSSR count). The summed E-state index contributed by atoms with van der Waals surface area (Å²) in [7, 11) is 0. The minimum absolute atomic E-state index is 0.143. The number of hydrogen-bond acceptors (Lipinski definition) is 4. The number of anilines is 1. The summed E-state index contributed by atoms with van der Waals surface area (Å²) in [5.41, 5.74) is 1.66. The van der Waals surface area contributed by atoms with Crippen LogP contribution in [0.15, 0.2) is 62.2 Å². The van der Waals surface area contributed by atoms with Gasteiger partial charge in [-0.3, -0.25) is 4.79 Å². The van der Waals surface area contributed by atoms with E-state index in [0.29, 0.717) is 17.0 Å². The number of carbonyl (C=O) groups is 1. The highest BCUT2D eigenvalue weighted by molar-refractivity contribution is 9.10. The molecule has 0 unspecified atom stereocenters. The maximum absolute atomic E-state index is 12.0. The molecule has 0 saturated carbocycles. The SMILES string of the molecule is CCc1cc(=O)oc2cc(OCC(=O)Nc3cccc(Br)c3)ccc12. The zero-order chi connectivity index (χ0) is 17.8. The molecule has 0 aliphatic heterocycles. The summed E-state index contributed by atoms with van der Waals surface area (Å²) in [5, 5.41) is 3.62. The van der Waals surface area contributed by atoms with Crippen molar-refractivity contribution >= 4 is 38.5 Å². The van der Waals surface area contributed by atoms with E-state index in [1.807, 2.05) is 25.1 Å². The van der Waals surface area contributed by atoms with Gasteiger partial charge in [0.15, 0.2) is 6.61 Å². The summed E-state index contributed by atoms with van der Waals surface area (Å²) in [4.78, 5) is 23.6. The molecule has 0 aliphatic rings. The lowest BCUT2D eigenvalue weighted by atomic mass is 10.1. The maximum atomic E-state index is 12.0. The van der Waals surface area contributed by atoms with Gasteiger partial charge in [0, 0.05) is 27.7 Å². The van der Waals surface area contributed by atoms with E-state index in [4.69, 9.17) is 9.15 Å². The first-order chi connectivity index (χ1) is 12.0. The summed E-state index contributed by atoms with van der Waals surface area (Å²) >= 11 is 3.35. The second kappa shape index (κ2) is 7.53. The summed E-state index contributed by atoms with van der Waals surface area (Å²) in [6, 6.07) is 14.0. The van der Waals surface area contributed by atoms with E-state index in [1.54, 1.807) is 24.3 Å². The summed E-state index contributed by atoms with van der Waals surface area (Å²) in [5.74, 6) is 0.190. The van der Waals surface area contributed by atoms with Gasteiger partial charge in [-0.05, 0) is 42.3 Å². The maximum Gasteiger partial charge on any atom is 0.336 e. The number of aryl methyl sites for hydroxylation is 1. The number of fused-ring (bicyclic) bond motifs is 1. The molecule has 0 fully saturated rings. The first-order valence-electron chi connectivity index (χ1n) is 7.80. The number of amides is 1. The zero-order valence-corrected chi connectivity index (χ0v) is 15.1. The molecule has 128 valence electrons. The van der Waals surface area contributed by atoms with Gasteiger partial charge in [-0.2, -0.15) is 0 Å². The molecule has 25 heavy (non-hydrogen) atoms. The number of nitrogens with one attached hydrogen (secondary N) is 1. The molecule has 2 aromatic carbocycles. The van der Waals surface area contributed by atoms with E-state index < -0.39 is 5.63 Å². The molecule has 3 aromatic rings.